The summed E-state index contributed by atoms with van der Waals surface area (Å²) in [5.74, 6) is 0. The summed E-state index contributed by atoms with van der Waals surface area (Å²) in [6.07, 6.45) is 0.414. The fourth-order valence-corrected chi connectivity index (χ4v) is 1.22. The lowest BCUT2D eigenvalue weighted by molar-refractivity contribution is -0.832. The molecule has 0 fully saturated rings. The van der Waals surface area contributed by atoms with Gasteiger partial charge < -0.3 is 10.0 Å². The molecule has 2 atom stereocenters. The molecule has 0 saturated heterocycles. The van der Waals surface area contributed by atoms with E-state index in [4.69, 9.17) is 0 Å². The van der Waals surface area contributed by atoms with E-state index in [-0.39, 0.29) is 6.10 Å². The number of nitrogens with one attached hydrogen (secondary N) is 1. The second kappa shape index (κ2) is 5.00. The number of aliphatic hydroxyl groups is 1. The smallest absolute Gasteiger partial charge is 0.0842 e. The molecule has 0 aliphatic carbocycles. The van der Waals surface area contributed by atoms with E-state index in [9.17, 15) is 5.11 Å². The number of aliphatic hydroxyl groups excluding tert-OH is 1. The van der Waals surface area contributed by atoms with Gasteiger partial charge in [-0.05, 0) is 5.56 Å². The molecule has 0 heterocycles. The van der Waals surface area contributed by atoms with Crippen LogP contribution in [-0.4, -0.2) is 18.7 Å². The van der Waals surface area contributed by atoms with Gasteiger partial charge in [-0.25, -0.2) is 0 Å². The van der Waals surface area contributed by atoms with Crippen molar-refractivity contribution in [3.05, 3.63) is 42.9 Å². The van der Waals surface area contributed by atoms with Gasteiger partial charge in [-0.3, -0.25) is 0 Å². The lowest BCUT2D eigenvalue weighted by Gasteiger charge is -2.17. The summed E-state index contributed by atoms with van der Waals surface area (Å²) < 4.78 is 0. The van der Waals surface area contributed by atoms with Crippen molar-refractivity contribution in [1.29, 1.82) is 0 Å². The molecule has 2 N–H and O–H groups in total. The first-order chi connectivity index (χ1) is 6.20. The first-order valence-corrected chi connectivity index (χ1v) is 4.57. The van der Waals surface area contributed by atoms with Gasteiger partial charge in [-0.2, -0.15) is 7.05 Å². The van der Waals surface area contributed by atoms with Crippen molar-refractivity contribution in [1.82, 2.24) is 0 Å². The maximum absolute atomic E-state index is 9.73. The second-order valence-corrected chi connectivity index (χ2v) is 3.42. The third kappa shape index (κ3) is 3.57. The number of quaternary nitrogens is 1. The van der Waals surface area contributed by atoms with Crippen LogP contribution in [0.15, 0.2) is 30.3 Å². The van der Waals surface area contributed by atoms with Crippen molar-refractivity contribution in [3.8, 4) is 0 Å². The topological polar surface area (TPSA) is 24.7 Å². The third-order valence-electron chi connectivity index (χ3n) is 2.03. The van der Waals surface area contributed by atoms with Gasteiger partial charge in [0.15, 0.2) is 0 Å². The van der Waals surface area contributed by atoms with Crippen LogP contribution in [0.3, 0.4) is 0 Å². The molecule has 0 amide bonds. The van der Waals surface area contributed by atoms with E-state index in [1.54, 1.807) is 0 Å². The zero-order valence-electron chi connectivity index (χ0n) is 8.03. The monoisotopic (exact) mass is 179 g/mol. The third-order valence-corrected chi connectivity index (χ3v) is 2.03. The highest BCUT2D eigenvalue weighted by Gasteiger charge is 2.06. The van der Waals surface area contributed by atoms with Crippen LogP contribution >= 0.6 is 0 Å². The van der Waals surface area contributed by atoms with Crippen LogP contribution in [0.25, 0.3) is 0 Å². The highest BCUT2D eigenvalue weighted by atomic mass is 16.3. The maximum Gasteiger partial charge on any atom is 0.0842 e. The number of hydrogen-bond acceptors (Lipinski definition) is 1. The Labute approximate surface area is 79.8 Å². The molecule has 0 spiro atoms. The lowest BCUT2D eigenvalue weighted by atomic mass is 10.1. The Morgan fingerprint density at radius 2 is 2.00 bits per heavy atom. The molecule has 0 aliphatic rings. The SMILES string of the molecule is [CH2-][NH+](C)CCC(O)c1ccccc1. The highest BCUT2D eigenvalue weighted by Crippen LogP contribution is 2.14. The van der Waals surface area contributed by atoms with E-state index in [0.717, 1.165) is 23.4 Å². The molecule has 0 aliphatic heterocycles. The van der Waals surface area contributed by atoms with Crippen LogP contribution in [0.5, 0.6) is 0 Å². The summed E-state index contributed by atoms with van der Waals surface area (Å²) in [4.78, 5) is 1.12. The molecule has 1 rings (SSSR count). The quantitative estimate of drug-likeness (QED) is 0.643. The maximum atomic E-state index is 9.73. The van der Waals surface area contributed by atoms with E-state index >= 15 is 0 Å². The average Bonchev–Trinajstić information content (AvgIpc) is 2.15. The molecular formula is C11H17NO. The Morgan fingerprint density at radius 3 is 2.54 bits per heavy atom. The summed E-state index contributed by atoms with van der Waals surface area (Å²) >= 11 is 0. The zero-order chi connectivity index (χ0) is 9.68. The van der Waals surface area contributed by atoms with Crippen LogP contribution in [-0.2, 0) is 0 Å². The predicted molar refractivity (Wildman–Crippen MR) is 53.1 cm³/mol. The molecule has 0 radical (unpaired) electrons. The fraction of sp³-hybridized carbons (Fsp3) is 0.364. The predicted octanol–water partition coefficient (Wildman–Crippen LogP) is 0.416. The largest absolute Gasteiger partial charge is 0.470 e. The normalized spacial score (nSPS) is 15.3. The van der Waals surface area contributed by atoms with Crippen molar-refractivity contribution in [2.45, 2.75) is 12.5 Å². The Balaban J connectivity index is 2.44. The highest BCUT2D eigenvalue weighted by molar-refractivity contribution is 5.16. The Bertz CT molecular complexity index is 233. The minimum absolute atomic E-state index is 0.349. The summed E-state index contributed by atoms with van der Waals surface area (Å²) in [5.41, 5.74) is 0.990. The van der Waals surface area contributed by atoms with Crippen LogP contribution in [0.4, 0.5) is 0 Å². The number of benzene rings is 1. The van der Waals surface area contributed by atoms with E-state index in [2.05, 4.69) is 7.05 Å². The summed E-state index contributed by atoms with van der Waals surface area (Å²) in [5, 5.41) is 9.73. The van der Waals surface area contributed by atoms with Gasteiger partial charge in [-0.1, -0.05) is 30.3 Å². The molecule has 1 aromatic carbocycles. The first-order valence-electron chi connectivity index (χ1n) is 4.57. The van der Waals surface area contributed by atoms with E-state index in [1.165, 1.54) is 0 Å². The second-order valence-electron chi connectivity index (χ2n) is 3.42. The van der Waals surface area contributed by atoms with Gasteiger partial charge in [0.1, 0.15) is 0 Å². The first kappa shape index (κ1) is 10.2. The standard InChI is InChI=1S/C11H17NO/c1-12(2)9-8-11(13)10-6-4-3-5-7-10/h3-7,11-13H,1,8-9H2,2H3. The Morgan fingerprint density at radius 1 is 1.38 bits per heavy atom. The average molecular weight is 179 g/mol. The van der Waals surface area contributed by atoms with Crippen LogP contribution in [0, 0.1) is 7.05 Å². The molecule has 1 aromatic rings. The van der Waals surface area contributed by atoms with E-state index in [0.29, 0.717) is 0 Å². The van der Waals surface area contributed by atoms with Gasteiger partial charge in [0.2, 0.25) is 0 Å². The molecule has 0 bridgehead atoms. The van der Waals surface area contributed by atoms with Crippen molar-refractivity contribution in [2.75, 3.05) is 13.6 Å². The van der Waals surface area contributed by atoms with Gasteiger partial charge in [0.25, 0.3) is 0 Å². The molecule has 2 heteroatoms. The van der Waals surface area contributed by atoms with Crippen molar-refractivity contribution >= 4 is 0 Å². The fourth-order valence-electron chi connectivity index (χ4n) is 1.22. The van der Waals surface area contributed by atoms with Crippen LogP contribution in [0.2, 0.25) is 0 Å². The summed E-state index contributed by atoms with van der Waals surface area (Å²) in [7, 11) is 5.79. The van der Waals surface area contributed by atoms with Gasteiger partial charge in [-0.15, -0.1) is 0 Å². The van der Waals surface area contributed by atoms with Crippen LogP contribution < -0.4 is 4.90 Å². The van der Waals surface area contributed by atoms with E-state index in [1.807, 2.05) is 37.4 Å². The summed E-state index contributed by atoms with van der Waals surface area (Å²) in [6.45, 7) is 0.885. The molecule has 72 valence electrons. The zero-order valence-corrected chi connectivity index (χ0v) is 8.03. The molecule has 13 heavy (non-hydrogen) atoms. The van der Waals surface area contributed by atoms with Gasteiger partial charge in [0.05, 0.1) is 12.6 Å². The summed E-state index contributed by atoms with van der Waals surface area (Å²) in [6, 6.07) is 9.74. The minimum Gasteiger partial charge on any atom is -0.470 e. The number of rotatable bonds is 4. The van der Waals surface area contributed by atoms with Crippen molar-refractivity contribution in [2.24, 2.45) is 0 Å². The molecule has 0 saturated carbocycles. The lowest BCUT2D eigenvalue weighted by Crippen LogP contribution is -3.03. The van der Waals surface area contributed by atoms with Gasteiger partial charge >= 0.3 is 0 Å². The van der Waals surface area contributed by atoms with Crippen LogP contribution in [0.1, 0.15) is 18.1 Å². The van der Waals surface area contributed by atoms with Gasteiger partial charge in [0, 0.05) is 13.5 Å². The molecule has 0 aromatic heterocycles. The molecule has 2 unspecified atom stereocenters. The minimum atomic E-state index is -0.349. The molecular weight excluding hydrogens is 162 g/mol. The number of hydrogen-bond donors (Lipinski definition) is 2. The Kier molecular flexibility index (Phi) is 3.93. The van der Waals surface area contributed by atoms with E-state index < -0.39 is 0 Å². The van der Waals surface area contributed by atoms with Crippen molar-refractivity contribution in [3.63, 3.8) is 0 Å². The Hall–Kier alpha value is -0.860. The molecule has 2 nitrogen and oxygen atoms in total. The van der Waals surface area contributed by atoms with Crippen molar-refractivity contribution < 1.29 is 10.0 Å².